The van der Waals surface area contributed by atoms with Crippen LogP contribution in [-0.4, -0.2) is 37.5 Å². The Bertz CT molecular complexity index is 568. The highest BCUT2D eigenvalue weighted by molar-refractivity contribution is 7.91. The van der Waals surface area contributed by atoms with Crippen LogP contribution in [0.2, 0.25) is 0 Å². The Hall–Kier alpha value is -1.35. The minimum atomic E-state index is -3.43. The summed E-state index contributed by atoms with van der Waals surface area (Å²) in [6.07, 6.45) is 2.20. The first kappa shape index (κ1) is 16.7. The van der Waals surface area contributed by atoms with Crippen molar-refractivity contribution in [3.63, 3.8) is 0 Å². The van der Waals surface area contributed by atoms with Gasteiger partial charge in [-0.15, -0.1) is 0 Å². The molecule has 0 saturated carbocycles. The summed E-state index contributed by atoms with van der Waals surface area (Å²) >= 11 is 0.976. The maximum absolute atomic E-state index is 11.6. The van der Waals surface area contributed by atoms with Crippen LogP contribution in [0, 0.1) is 0 Å². The standard InChI is InChI=1S/C11H20N4O3S2/c1-4-7(2)14-8(16)5-6-13-11-9(20(3,17)18)10(12)15-19-11/h7,13H,4-6H2,1-3H3,(H2,12,15)(H,14,16). The van der Waals surface area contributed by atoms with Gasteiger partial charge in [-0.2, -0.15) is 4.37 Å². The molecule has 20 heavy (non-hydrogen) atoms. The van der Waals surface area contributed by atoms with Crippen LogP contribution in [-0.2, 0) is 14.6 Å². The van der Waals surface area contributed by atoms with Gasteiger partial charge in [0, 0.05) is 25.3 Å². The number of nitrogen functional groups attached to an aromatic ring is 1. The minimum Gasteiger partial charge on any atom is -0.382 e. The van der Waals surface area contributed by atoms with Gasteiger partial charge in [-0.3, -0.25) is 4.79 Å². The van der Waals surface area contributed by atoms with Crippen molar-refractivity contribution in [2.24, 2.45) is 0 Å². The first-order valence-corrected chi connectivity index (χ1v) is 8.90. The van der Waals surface area contributed by atoms with E-state index in [0.29, 0.717) is 11.5 Å². The summed E-state index contributed by atoms with van der Waals surface area (Å²) in [6, 6.07) is 0.133. The van der Waals surface area contributed by atoms with E-state index in [0.717, 1.165) is 24.2 Å². The fraction of sp³-hybridized carbons (Fsp3) is 0.636. The normalized spacial score (nSPS) is 12.9. The maximum atomic E-state index is 11.6. The molecule has 1 rings (SSSR count). The lowest BCUT2D eigenvalue weighted by molar-refractivity contribution is -0.121. The third-order valence-corrected chi connectivity index (χ3v) is 4.81. The molecule has 0 aliphatic carbocycles. The molecule has 0 spiro atoms. The van der Waals surface area contributed by atoms with E-state index in [-0.39, 0.29) is 29.1 Å². The summed E-state index contributed by atoms with van der Waals surface area (Å²) in [5.74, 6) is -0.0886. The van der Waals surface area contributed by atoms with Crippen LogP contribution < -0.4 is 16.4 Å². The highest BCUT2D eigenvalue weighted by Gasteiger charge is 2.21. The van der Waals surface area contributed by atoms with Crippen molar-refractivity contribution < 1.29 is 13.2 Å². The van der Waals surface area contributed by atoms with Crippen LogP contribution >= 0.6 is 11.5 Å². The number of hydrogen-bond acceptors (Lipinski definition) is 7. The van der Waals surface area contributed by atoms with Crippen LogP contribution in [0.15, 0.2) is 4.90 Å². The maximum Gasteiger partial charge on any atom is 0.221 e. The number of sulfone groups is 1. The predicted molar refractivity (Wildman–Crippen MR) is 80.6 cm³/mol. The first-order valence-electron chi connectivity index (χ1n) is 6.24. The van der Waals surface area contributed by atoms with E-state index in [1.54, 1.807) is 0 Å². The molecule has 7 nitrogen and oxygen atoms in total. The highest BCUT2D eigenvalue weighted by atomic mass is 32.2. The summed E-state index contributed by atoms with van der Waals surface area (Å²) in [7, 11) is -3.43. The topological polar surface area (TPSA) is 114 Å². The highest BCUT2D eigenvalue weighted by Crippen LogP contribution is 2.31. The Labute approximate surface area is 123 Å². The Morgan fingerprint density at radius 2 is 2.15 bits per heavy atom. The van der Waals surface area contributed by atoms with Gasteiger partial charge in [0.2, 0.25) is 5.91 Å². The summed E-state index contributed by atoms with van der Waals surface area (Å²) in [5, 5.41) is 6.11. The molecular weight excluding hydrogens is 300 g/mol. The van der Waals surface area contributed by atoms with Crippen molar-refractivity contribution in [3.8, 4) is 0 Å². The van der Waals surface area contributed by atoms with Gasteiger partial charge in [-0.1, -0.05) is 6.92 Å². The number of carbonyl (C=O) groups excluding carboxylic acids is 1. The van der Waals surface area contributed by atoms with Crippen molar-refractivity contribution in [1.29, 1.82) is 0 Å². The molecule has 0 aromatic carbocycles. The summed E-state index contributed by atoms with van der Waals surface area (Å²) in [5.41, 5.74) is 5.54. The van der Waals surface area contributed by atoms with Crippen molar-refractivity contribution >= 4 is 38.1 Å². The molecule has 0 saturated heterocycles. The van der Waals surface area contributed by atoms with Gasteiger partial charge < -0.3 is 16.4 Å². The van der Waals surface area contributed by atoms with Gasteiger partial charge in [0.05, 0.1) is 0 Å². The van der Waals surface area contributed by atoms with Crippen LogP contribution in [0.1, 0.15) is 26.7 Å². The average Bonchev–Trinajstić information content (AvgIpc) is 2.70. The lowest BCUT2D eigenvalue weighted by Gasteiger charge is -2.11. The van der Waals surface area contributed by atoms with Gasteiger partial charge in [-0.25, -0.2) is 8.42 Å². The van der Waals surface area contributed by atoms with E-state index in [1.165, 1.54) is 0 Å². The molecule has 0 bridgehead atoms. The van der Waals surface area contributed by atoms with E-state index >= 15 is 0 Å². The number of carbonyl (C=O) groups is 1. The average molecular weight is 320 g/mol. The van der Waals surface area contributed by atoms with Crippen LogP contribution in [0.25, 0.3) is 0 Å². The Balaban J connectivity index is 2.58. The monoisotopic (exact) mass is 320 g/mol. The number of aromatic nitrogens is 1. The Morgan fingerprint density at radius 1 is 1.50 bits per heavy atom. The predicted octanol–water partition coefficient (Wildman–Crippen LogP) is 0.846. The van der Waals surface area contributed by atoms with Gasteiger partial charge in [0.25, 0.3) is 0 Å². The second kappa shape index (κ2) is 6.89. The van der Waals surface area contributed by atoms with Crippen molar-refractivity contribution in [1.82, 2.24) is 9.69 Å². The fourth-order valence-electron chi connectivity index (χ4n) is 1.50. The third-order valence-electron chi connectivity index (χ3n) is 2.70. The number of amides is 1. The smallest absolute Gasteiger partial charge is 0.221 e. The van der Waals surface area contributed by atoms with Crippen molar-refractivity contribution in [2.75, 3.05) is 23.9 Å². The molecule has 1 unspecified atom stereocenters. The van der Waals surface area contributed by atoms with Gasteiger partial charge in [0.1, 0.15) is 9.90 Å². The molecule has 114 valence electrons. The van der Waals surface area contributed by atoms with E-state index in [4.69, 9.17) is 5.73 Å². The van der Waals surface area contributed by atoms with Gasteiger partial charge in [0.15, 0.2) is 15.7 Å². The number of nitrogens with zero attached hydrogens (tertiary/aromatic N) is 1. The fourth-order valence-corrected chi connectivity index (χ4v) is 3.60. The molecule has 0 radical (unpaired) electrons. The molecule has 1 atom stereocenters. The molecule has 1 aromatic heterocycles. The molecule has 1 heterocycles. The molecule has 9 heteroatoms. The SMILES string of the molecule is CCC(C)NC(=O)CCNc1snc(N)c1S(C)(=O)=O. The molecule has 0 aliphatic heterocycles. The molecule has 0 fully saturated rings. The van der Waals surface area contributed by atoms with Crippen molar-refractivity contribution in [3.05, 3.63) is 0 Å². The number of rotatable bonds is 7. The summed E-state index contributed by atoms with van der Waals surface area (Å²) in [6.45, 7) is 4.24. The number of nitrogens with two attached hydrogens (primary N) is 1. The van der Waals surface area contributed by atoms with Crippen LogP contribution in [0.4, 0.5) is 10.8 Å². The molecule has 4 N–H and O–H groups in total. The van der Waals surface area contributed by atoms with Gasteiger partial charge >= 0.3 is 0 Å². The lowest BCUT2D eigenvalue weighted by Crippen LogP contribution is -2.32. The van der Waals surface area contributed by atoms with Crippen LogP contribution in [0.3, 0.4) is 0 Å². The second-order valence-corrected chi connectivity index (χ2v) is 7.28. The molecular formula is C11H20N4O3S2. The molecule has 1 aromatic rings. The summed E-state index contributed by atoms with van der Waals surface area (Å²) in [4.78, 5) is 11.6. The van der Waals surface area contributed by atoms with E-state index in [2.05, 4.69) is 15.0 Å². The number of hydrogen-bond donors (Lipinski definition) is 3. The zero-order valence-corrected chi connectivity index (χ0v) is 13.4. The first-order chi connectivity index (χ1) is 9.25. The third kappa shape index (κ3) is 4.64. The summed E-state index contributed by atoms with van der Waals surface area (Å²) < 4.78 is 27.0. The van der Waals surface area contributed by atoms with Crippen LogP contribution in [0.5, 0.6) is 0 Å². The van der Waals surface area contributed by atoms with Crippen molar-refractivity contribution in [2.45, 2.75) is 37.6 Å². The Morgan fingerprint density at radius 3 is 2.70 bits per heavy atom. The number of anilines is 2. The largest absolute Gasteiger partial charge is 0.382 e. The zero-order chi connectivity index (χ0) is 15.3. The number of nitrogens with one attached hydrogen (secondary N) is 2. The minimum absolute atomic E-state index is 0.00448. The van der Waals surface area contributed by atoms with E-state index in [1.807, 2.05) is 13.8 Å². The second-order valence-electron chi connectivity index (χ2n) is 4.55. The zero-order valence-electron chi connectivity index (χ0n) is 11.8. The van der Waals surface area contributed by atoms with E-state index in [9.17, 15) is 13.2 Å². The quantitative estimate of drug-likeness (QED) is 0.686. The molecule has 1 amide bonds. The van der Waals surface area contributed by atoms with Gasteiger partial charge in [-0.05, 0) is 24.9 Å². The Kier molecular flexibility index (Phi) is 5.75. The lowest BCUT2D eigenvalue weighted by atomic mass is 10.2. The van der Waals surface area contributed by atoms with E-state index < -0.39 is 9.84 Å². The molecule has 0 aliphatic rings.